The molecule has 2 aliphatic rings. The highest BCUT2D eigenvalue weighted by molar-refractivity contribution is 7.89. The molecule has 5 nitrogen and oxygen atoms in total. The molecular weight excluding hydrogens is 276 g/mol. The van der Waals surface area contributed by atoms with E-state index in [1.165, 1.54) is 6.07 Å². The lowest BCUT2D eigenvalue weighted by atomic mass is 10.1. The molecule has 0 amide bonds. The van der Waals surface area contributed by atoms with Crippen molar-refractivity contribution in [2.75, 3.05) is 12.3 Å². The maximum absolute atomic E-state index is 12.5. The molecule has 0 radical (unpaired) electrons. The quantitative estimate of drug-likeness (QED) is 0.655. The normalized spacial score (nSPS) is 18.8. The third kappa shape index (κ3) is 2.53. The summed E-state index contributed by atoms with van der Waals surface area (Å²) in [7, 11) is -3.60. The van der Waals surface area contributed by atoms with Gasteiger partial charge in [0.25, 0.3) is 0 Å². The van der Waals surface area contributed by atoms with Gasteiger partial charge in [0.05, 0.1) is 6.61 Å². The predicted molar refractivity (Wildman–Crippen MR) is 77.2 cm³/mol. The van der Waals surface area contributed by atoms with Gasteiger partial charge in [0.2, 0.25) is 10.0 Å². The van der Waals surface area contributed by atoms with Gasteiger partial charge in [-0.15, -0.1) is 0 Å². The number of nitrogens with two attached hydrogens (primary N) is 1. The van der Waals surface area contributed by atoms with Crippen molar-refractivity contribution in [1.82, 2.24) is 4.72 Å². The molecule has 6 heteroatoms. The summed E-state index contributed by atoms with van der Waals surface area (Å²) >= 11 is 0. The molecule has 0 bridgehead atoms. The summed E-state index contributed by atoms with van der Waals surface area (Å²) in [5.74, 6) is 0.462. The SMILES string of the molecule is Nc1cc2c(c(S(=O)(=O)NC3CC=CC3)c1)OCCC2. The first kappa shape index (κ1) is 13.5. The summed E-state index contributed by atoms with van der Waals surface area (Å²) < 4.78 is 33.4. The molecule has 0 atom stereocenters. The van der Waals surface area contributed by atoms with Gasteiger partial charge in [-0.25, -0.2) is 13.1 Å². The number of hydrogen-bond donors (Lipinski definition) is 2. The molecule has 20 heavy (non-hydrogen) atoms. The zero-order valence-electron chi connectivity index (χ0n) is 11.1. The number of anilines is 1. The molecule has 0 saturated carbocycles. The van der Waals surface area contributed by atoms with Crippen LogP contribution in [0.4, 0.5) is 5.69 Å². The van der Waals surface area contributed by atoms with Crippen LogP contribution >= 0.6 is 0 Å². The van der Waals surface area contributed by atoms with Crippen molar-refractivity contribution in [1.29, 1.82) is 0 Å². The van der Waals surface area contributed by atoms with E-state index in [9.17, 15) is 8.42 Å². The van der Waals surface area contributed by atoms with E-state index in [1.54, 1.807) is 6.07 Å². The predicted octanol–water partition coefficient (Wildman–Crippen LogP) is 1.59. The van der Waals surface area contributed by atoms with Crippen LogP contribution in [-0.4, -0.2) is 21.1 Å². The number of ether oxygens (including phenoxy) is 1. The molecule has 3 rings (SSSR count). The Bertz CT molecular complexity index is 645. The fraction of sp³-hybridized carbons (Fsp3) is 0.429. The first-order chi connectivity index (χ1) is 9.56. The van der Waals surface area contributed by atoms with E-state index in [0.717, 1.165) is 31.2 Å². The van der Waals surface area contributed by atoms with E-state index in [-0.39, 0.29) is 10.9 Å². The maximum atomic E-state index is 12.5. The van der Waals surface area contributed by atoms with Crippen LogP contribution in [0.2, 0.25) is 0 Å². The van der Waals surface area contributed by atoms with Crippen molar-refractivity contribution >= 4 is 15.7 Å². The first-order valence-corrected chi connectivity index (χ1v) is 8.27. The Hall–Kier alpha value is -1.53. The van der Waals surface area contributed by atoms with Gasteiger partial charge in [-0.3, -0.25) is 0 Å². The molecule has 0 fully saturated rings. The van der Waals surface area contributed by atoms with Crippen LogP contribution in [-0.2, 0) is 16.4 Å². The molecule has 0 saturated heterocycles. The van der Waals surface area contributed by atoms with Crippen LogP contribution < -0.4 is 15.2 Å². The lowest BCUT2D eigenvalue weighted by Crippen LogP contribution is -2.33. The highest BCUT2D eigenvalue weighted by Crippen LogP contribution is 2.34. The summed E-state index contributed by atoms with van der Waals surface area (Å²) in [6.07, 6.45) is 7.11. The summed E-state index contributed by atoms with van der Waals surface area (Å²) in [6, 6.07) is 3.21. The topological polar surface area (TPSA) is 81.4 Å². The Labute approximate surface area is 118 Å². The van der Waals surface area contributed by atoms with Gasteiger partial charge in [-0.1, -0.05) is 12.2 Å². The standard InChI is InChI=1S/C14H18N2O3S/c15-11-8-10-4-3-7-19-14(10)13(9-11)20(17,18)16-12-5-1-2-6-12/h1-2,8-9,12,16H,3-7,15H2. The van der Waals surface area contributed by atoms with E-state index in [1.807, 2.05) is 12.2 Å². The van der Waals surface area contributed by atoms with Gasteiger partial charge >= 0.3 is 0 Å². The number of nitrogen functional groups attached to an aromatic ring is 1. The van der Waals surface area contributed by atoms with Gasteiger partial charge in [0, 0.05) is 11.7 Å². The van der Waals surface area contributed by atoms with Gasteiger partial charge in [0.1, 0.15) is 10.6 Å². The minimum absolute atomic E-state index is 0.0688. The Morgan fingerprint density at radius 1 is 1.25 bits per heavy atom. The van der Waals surface area contributed by atoms with E-state index >= 15 is 0 Å². The molecule has 1 aromatic carbocycles. The third-order valence-electron chi connectivity index (χ3n) is 3.61. The molecular formula is C14H18N2O3S. The number of rotatable bonds is 3. The Balaban J connectivity index is 1.97. The molecule has 1 aliphatic heterocycles. The van der Waals surface area contributed by atoms with Crippen LogP contribution in [0.5, 0.6) is 5.75 Å². The van der Waals surface area contributed by atoms with Gasteiger partial charge in [-0.2, -0.15) is 0 Å². The largest absolute Gasteiger partial charge is 0.492 e. The van der Waals surface area contributed by atoms with Crippen LogP contribution in [0.25, 0.3) is 0 Å². The van der Waals surface area contributed by atoms with Crippen LogP contribution in [0.1, 0.15) is 24.8 Å². The Morgan fingerprint density at radius 2 is 2.00 bits per heavy atom. The number of hydrogen-bond acceptors (Lipinski definition) is 4. The number of sulfonamides is 1. The minimum atomic E-state index is -3.60. The summed E-state index contributed by atoms with van der Waals surface area (Å²) in [5.41, 5.74) is 7.16. The second kappa shape index (κ2) is 5.10. The van der Waals surface area contributed by atoms with Gasteiger partial charge < -0.3 is 10.5 Å². The maximum Gasteiger partial charge on any atom is 0.244 e. The zero-order valence-corrected chi connectivity index (χ0v) is 11.9. The van der Waals surface area contributed by atoms with E-state index in [0.29, 0.717) is 18.0 Å². The Morgan fingerprint density at radius 3 is 2.75 bits per heavy atom. The molecule has 1 aromatic rings. The number of benzene rings is 1. The molecule has 3 N–H and O–H groups in total. The monoisotopic (exact) mass is 294 g/mol. The molecule has 108 valence electrons. The molecule has 1 aliphatic carbocycles. The number of fused-ring (bicyclic) bond motifs is 1. The lowest BCUT2D eigenvalue weighted by Gasteiger charge is -2.22. The zero-order chi connectivity index (χ0) is 14.2. The van der Waals surface area contributed by atoms with Crippen molar-refractivity contribution in [3.05, 3.63) is 29.8 Å². The second-order valence-electron chi connectivity index (χ2n) is 5.22. The van der Waals surface area contributed by atoms with Gasteiger partial charge in [0.15, 0.2) is 0 Å². The van der Waals surface area contributed by atoms with E-state index in [4.69, 9.17) is 10.5 Å². The summed E-state index contributed by atoms with van der Waals surface area (Å²) in [4.78, 5) is 0.166. The average molecular weight is 294 g/mol. The van der Waals surface area contributed by atoms with E-state index < -0.39 is 10.0 Å². The van der Waals surface area contributed by atoms with Crippen LogP contribution in [0.15, 0.2) is 29.2 Å². The fourth-order valence-corrected chi connectivity index (χ4v) is 4.15. The number of aryl methyl sites for hydroxylation is 1. The smallest absolute Gasteiger partial charge is 0.244 e. The molecule has 1 heterocycles. The first-order valence-electron chi connectivity index (χ1n) is 6.79. The van der Waals surface area contributed by atoms with E-state index in [2.05, 4.69) is 4.72 Å². The lowest BCUT2D eigenvalue weighted by molar-refractivity contribution is 0.280. The van der Waals surface area contributed by atoms with Crippen LogP contribution in [0.3, 0.4) is 0 Å². The van der Waals surface area contributed by atoms with Crippen molar-refractivity contribution in [2.24, 2.45) is 0 Å². The van der Waals surface area contributed by atoms with Crippen molar-refractivity contribution in [3.8, 4) is 5.75 Å². The van der Waals surface area contributed by atoms with Crippen molar-refractivity contribution in [3.63, 3.8) is 0 Å². The highest BCUT2D eigenvalue weighted by atomic mass is 32.2. The minimum Gasteiger partial charge on any atom is -0.492 e. The molecule has 0 spiro atoms. The van der Waals surface area contributed by atoms with Crippen LogP contribution in [0, 0.1) is 0 Å². The van der Waals surface area contributed by atoms with Crippen molar-refractivity contribution in [2.45, 2.75) is 36.6 Å². The fourth-order valence-electron chi connectivity index (χ4n) is 2.67. The van der Waals surface area contributed by atoms with Gasteiger partial charge in [-0.05, 0) is 43.4 Å². The average Bonchev–Trinajstić information content (AvgIpc) is 2.89. The molecule has 0 unspecified atom stereocenters. The third-order valence-corrected chi connectivity index (χ3v) is 5.14. The second-order valence-corrected chi connectivity index (χ2v) is 6.90. The Kier molecular flexibility index (Phi) is 3.43. The highest BCUT2D eigenvalue weighted by Gasteiger charge is 2.27. The molecule has 0 aromatic heterocycles. The van der Waals surface area contributed by atoms with Crippen molar-refractivity contribution < 1.29 is 13.2 Å². The number of nitrogens with one attached hydrogen (secondary N) is 1. The summed E-state index contributed by atoms with van der Waals surface area (Å²) in [5, 5.41) is 0. The summed E-state index contributed by atoms with van der Waals surface area (Å²) in [6.45, 7) is 0.546.